The van der Waals surface area contributed by atoms with Crippen molar-refractivity contribution in [3.8, 4) is 0 Å². The number of hydrogen-bond acceptors (Lipinski definition) is 5. The minimum absolute atomic E-state index is 0.221. The predicted octanol–water partition coefficient (Wildman–Crippen LogP) is 1.68. The molecule has 20 heavy (non-hydrogen) atoms. The lowest BCUT2D eigenvalue weighted by Gasteiger charge is -2.22. The molecule has 1 heterocycles. The van der Waals surface area contributed by atoms with Gasteiger partial charge in [0, 0.05) is 18.3 Å². The standard InChI is InChI=1S/C12H19N3O4S/c1-12(2,3)19-11(17)15-8(9(16)18-4)5-7-6-13-10(20)14-7/h6,8H,5H2,1-4H3,(H,15,17)(H2,13,14,20). The largest absolute Gasteiger partial charge is 0.467 e. The average molecular weight is 301 g/mol. The molecule has 0 spiro atoms. The number of hydrogen-bond donors (Lipinski definition) is 3. The van der Waals surface area contributed by atoms with Crippen molar-refractivity contribution in [2.45, 2.75) is 38.8 Å². The third-order valence-electron chi connectivity index (χ3n) is 2.25. The van der Waals surface area contributed by atoms with Crippen molar-refractivity contribution in [3.05, 3.63) is 16.7 Å². The quantitative estimate of drug-likeness (QED) is 0.581. The van der Waals surface area contributed by atoms with Crippen LogP contribution in [0.2, 0.25) is 0 Å². The molecule has 112 valence electrons. The Bertz CT molecular complexity index is 529. The van der Waals surface area contributed by atoms with Crippen LogP contribution in [-0.4, -0.2) is 40.8 Å². The molecule has 0 aromatic carbocycles. The van der Waals surface area contributed by atoms with Gasteiger partial charge in [0.2, 0.25) is 0 Å². The third kappa shape index (κ3) is 5.43. The third-order valence-corrected chi connectivity index (χ3v) is 2.47. The van der Waals surface area contributed by atoms with E-state index in [9.17, 15) is 9.59 Å². The Hall–Kier alpha value is -1.83. The minimum Gasteiger partial charge on any atom is -0.467 e. The zero-order chi connectivity index (χ0) is 15.3. The molecule has 7 nitrogen and oxygen atoms in total. The van der Waals surface area contributed by atoms with Gasteiger partial charge in [-0.15, -0.1) is 0 Å². The van der Waals surface area contributed by atoms with E-state index in [1.54, 1.807) is 27.0 Å². The molecule has 1 unspecified atom stereocenters. The Morgan fingerprint density at radius 1 is 1.45 bits per heavy atom. The van der Waals surface area contributed by atoms with E-state index in [0.717, 1.165) is 0 Å². The average Bonchev–Trinajstić information content (AvgIpc) is 2.70. The molecule has 1 rings (SSSR count). The van der Waals surface area contributed by atoms with Crippen LogP contribution in [0.3, 0.4) is 0 Å². The van der Waals surface area contributed by atoms with E-state index >= 15 is 0 Å². The van der Waals surface area contributed by atoms with Gasteiger partial charge in [0.05, 0.1) is 7.11 Å². The summed E-state index contributed by atoms with van der Waals surface area (Å²) in [7, 11) is 1.26. The number of H-pyrrole nitrogens is 2. The Morgan fingerprint density at radius 2 is 2.10 bits per heavy atom. The van der Waals surface area contributed by atoms with Crippen LogP contribution in [0.15, 0.2) is 6.20 Å². The van der Waals surface area contributed by atoms with Gasteiger partial charge in [-0.05, 0) is 33.0 Å². The molecule has 0 aliphatic rings. The van der Waals surface area contributed by atoms with Gasteiger partial charge in [0.1, 0.15) is 11.6 Å². The topological polar surface area (TPSA) is 96.2 Å². The fourth-order valence-corrected chi connectivity index (χ4v) is 1.68. The number of alkyl carbamates (subject to hydrolysis) is 1. The number of nitrogens with one attached hydrogen (secondary N) is 3. The summed E-state index contributed by atoms with van der Waals surface area (Å²) >= 11 is 4.90. The smallest absolute Gasteiger partial charge is 0.408 e. The molecular weight excluding hydrogens is 282 g/mol. The number of aromatic nitrogens is 2. The SMILES string of the molecule is COC(=O)C(Cc1c[nH]c(=S)[nH]1)NC(=O)OC(C)(C)C. The highest BCUT2D eigenvalue weighted by Gasteiger charge is 2.25. The zero-order valence-corrected chi connectivity index (χ0v) is 12.7. The van der Waals surface area contributed by atoms with Crippen LogP contribution in [0, 0.1) is 4.77 Å². The number of carbonyl (C=O) groups is 2. The van der Waals surface area contributed by atoms with E-state index in [1.807, 2.05) is 0 Å². The summed E-state index contributed by atoms with van der Waals surface area (Å²) in [4.78, 5) is 29.0. The van der Waals surface area contributed by atoms with E-state index in [4.69, 9.17) is 17.0 Å². The van der Waals surface area contributed by atoms with Crippen LogP contribution in [0.25, 0.3) is 0 Å². The molecule has 1 aromatic rings. The summed E-state index contributed by atoms with van der Waals surface area (Å²) < 4.78 is 10.2. The molecule has 0 saturated carbocycles. The first-order valence-electron chi connectivity index (χ1n) is 6.05. The van der Waals surface area contributed by atoms with Gasteiger partial charge in [-0.25, -0.2) is 9.59 Å². The maximum atomic E-state index is 11.7. The van der Waals surface area contributed by atoms with Gasteiger partial charge in [-0.1, -0.05) is 0 Å². The second-order valence-electron chi connectivity index (χ2n) is 5.19. The molecule has 0 aliphatic heterocycles. The molecule has 0 fully saturated rings. The van der Waals surface area contributed by atoms with Crippen LogP contribution in [0.1, 0.15) is 26.5 Å². The number of esters is 1. The Balaban J connectivity index is 2.72. The lowest BCUT2D eigenvalue weighted by molar-refractivity contribution is -0.143. The van der Waals surface area contributed by atoms with Crippen molar-refractivity contribution < 1.29 is 19.1 Å². The molecule has 0 aliphatic carbocycles. The van der Waals surface area contributed by atoms with Gasteiger partial charge < -0.3 is 24.8 Å². The van der Waals surface area contributed by atoms with Crippen LogP contribution in [0.4, 0.5) is 4.79 Å². The summed E-state index contributed by atoms with van der Waals surface area (Å²) in [6, 6.07) is -0.851. The Kier molecular flexibility index (Phi) is 5.32. The normalized spacial score (nSPS) is 12.6. The Labute approximate surface area is 122 Å². The Morgan fingerprint density at radius 3 is 2.55 bits per heavy atom. The van der Waals surface area contributed by atoms with Crippen molar-refractivity contribution in [1.82, 2.24) is 15.3 Å². The summed E-state index contributed by atoms with van der Waals surface area (Å²) in [5, 5.41) is 2.48. The number of methoxy groups -OCH3 is 1. The van der Waals surface area contributed by atoms with Crippen molar-refractivity contribution in [2.24, 2.45) is 0 Å². The van der Waals surface area contributed by atoms with Gasteiger partial charge in [-0.2, -0.15) is 0 Å². The van der Waals surface area contributed by atoms with Crippen molar-refractivity contribution in [2.75, 3.05) is 7.11 Å². The fourth-order valence-electron chi connectivity index (χ4n) is 1.49. The number of amides is 1. The first kappa shape index (κ1) is 16.2. The highest BCUT2D eigenvalue weighted by atomic mass is 32.1. The second kappa shape index (κ2) is 6.56. The molecule has 8 heteroatoms. The van der Waals surface area contributed by atoms with Crippen LogP contribution < -0.4 is 5.32 Å². The number of imidazole rings is 1. The summed E-state index contributed by atoms with van der Waals surface area (Å²) in [6.45, 7) is 5.22. The van der Waals surface area contributed by atoms with Crippen LogP contribution in [-0.2, 0) is 20.7 Å². The van der Waals surface area contributed by atoms with Gasteiger partial charge in [-0.3, -0.25) is 0 Å². The van der Waals surface area contributed by atoms with Gasteiger partial charge in [0.25, 0.3) is 0 Å². The monoisotopic (exact) mass is 301 g/mol. The van der Waals surface area contributed by atoms with E-state index in [-0.39, 0.29) is 6.42 Å². The first-order valence-corrected chi connectivity index (χ1v) is 6.46. The summed E-state index contributed by atoms with van der Waals surface area (Å²) in [5.74, 6) is -0.559. The molecule has 1 aromatic heterocycles. The lowest BCUT2D eigenvalue weighted by Crippen LogP contribution is -2.45. The number of aromatic amines is 2. The molecule has 1 amide bonds. The van der Waals surface area contributed by atoms with E-state index in [1.165, 1.54) is 7.11 Å². The van der Waals surface area contributed by atoms with Crippen molar-refractivity contribution >= 4 is 24.3 Å². The summed E-state index contributed by atoms with van der Waals surface area (Å²) in [6.07, 6.45) is 1.18. The fraction of sp³-hybridized carbons (Fsp3) is 0.583. The molecule has 1 atom stereocenters. The molecule has 0 bridgehead atoms. The number of rotatable bonds is 4. The van der Waals surface area contributed by atoms with Gasteiger partial charge >= 0.3 is 12.1 Å². The molecule has 0 radical (unpaired) electrons. The molecule has 3 N–H and O–H groups in total. The molecular formula is C12H19N3O4S. The van der Waals surface area contributed by atoms with Crippen LogP contribution in [0.5, 0.6) is 0 Å². The lowest BCUT2D eigenvalue weighted by atomic mass is 10.1. The van der Waals surface area contributed by atoms with E-state index < -0.39 is 23.7 Å². The minimum atomic E-state index is -0.851. The summed E-state index contributed by atoms with van der Waals surface area (Å²) in [5.41, 5.74) is 0.0418. The predicted molar refractivity (Wildman–Crippen MR) is 74.9 cm³/mol. The highest BCUT2D eigenvalue weighted by Crippen LogP contribution is 2.08. The van der Waals surface area contributed by atoms with Crippen molar-refractivity contribution in [1.29, 1.82) is 0 Å². The highest BCUT2D eigenvalue weighted by molar-refractivity contribution is 7.71. The van der Waals surface area contributed by atoms with Crippen LogP contribution >= 0.6 is 12.2 Å². The first-order chi connectivity index (χ1) is 9.21. The number of carbonyl (C=O) groups excluding carboxylic acids is 2. The number of ether oxygens (including phenoxy) is 2. The molecule has 0 saturated heterocycles. The zero-order valence-electron chi connectivity index (χ0n) is 11.9. The van der Waals surface area contributed by atoms with E-state index in [0.29, 0.717) is 10.5 Å². The maximum absolute atomic E-state index is 11.7. The maximum Gasteiger partial charge on any atom is 0.408 e. The second-order valence-corrected chi connectivity index (χ2v) is 5.60. The van der Waals surface area contributed by atoms with Crippen molar-refractivity contribution in [3.63, 3.8) is 0 Å². The van der Waals surface area contributed by atoms with Gasteiger partial charge in [0.15, 0.2) is 4.77 Å². The van der Waals surface area contributed by atoms with E-state index in [2.05, 4.69) is 20.0 Å².